The van der Waals surface area contributed by atoms with Crippen molar-refractivity contribution in [1.82, 2.24) is 5.32 Å². The zero-order valence-corrected chi connectivity index (χ0v) is 18.0. The summed E-state index contributed by atoms with van der Waals surface area (Å²) < 4.78 is 0. The van der Waals surface area contributed by atoms with Crippen molar-refractivity contribution in [3.05, 3.63) is 23.3 Å². The molecule has 5 unspecified atom stereocenters. The summed E-state index contributed by atoms with van der Waals surface area (Å²) in [5, 5.41) is 15.0. The van der Waals surface area contributed by atoms with Gasteiger partial charge in [-0.15, -0.1) is 0 Å². The summed E-state index contributed by atoms with van der Waals surface area (Å²) >= 11 is 0. The van der Waals surface area contributed by atoms with E-state index in [1.54, 1.807) is 0 Å². The third-order valence-electron chi connectivity index (χ3n) is 6.90. The minimum absolute atomic E-state index is 0.414. The minimum Gasteiger partial charge on any atom is -0.389 e. The lowest BCUT2D eigenvalue weighted by Crippen LogP contribution is -2.52. The molecule has 2 rings (SSSR count). The molecule has 0 radical (unpaired) electrons. The molecule has 2 heteroatoms. The lowest BCUT2D eigenvalue weighted by Gasteiger charge is -2.52. The number of aliphatic hydroxyl groups is 1. The topological polar surface area (TPSA) is 32.3 Å². The van der Waals surface area contributed by atoms with E-state index in [2.05, 4.69) is 52.1 Å². The molecule has 0 aromatic carbocycles. The van der Waals surface area contributed by atoms with Gasteiger partial charge in [-0.05, 0) is 102 Å². The van der Waals surface area contributed by atoms with Crippen molar-refractivity contribution in [3.8, 4) is 0 Å². The lowest BCUT2D eigenvalue weighted by molar-refractivity contribution is -0.131. The van der Waals surface area contributed by atoms with Gasteiger partial charge in [0.15, 0.2) is 0 Å². The Balaban J connectivity index is 1.68. The molecule has 2 saturated carbocycles. The van der Waals surface area contributed by atoms with Gasteiger partial charge in [-0.3, -0.25) is 0 Å². The average molecular weight is 362 g/mol. The van der Waals surface area contributed by atoms with Crippen LogP contribution in [-0.4, -0.2) is 23.8 Å². The third kappa shape index (κ3) is 6.23. The second-order valence-electron chi connectivity index (χ2n) is 9.68. The van der Waals surface area contributed by atoms with Gasteiger partial charge in [0.2, 0.25) is 0 Å². The van der Waals surface area contributed by atoms with Crippen molar-refractivity contribution in [1.29, 1.82) is 0 Å². The highest BCUT2D eigenvalue weighted by Crippen LogP contribution is 2.51. The van der Waals surface area contributed by atoms with Gasteiger partial charge >= 0.3 is 0 Å². The number of hydrogen-bond acceptors (Lipinski definition) is 2. The fourth-order valence-corrected chi connectivity index (χ4v) is 5.44. The van der Waals surface area contributed by atoms with Gasteiger partial charge in [0, 0.05) is 6.54 Å². The molecule has 2 aliphatic carbocycles. The summed E-state index contributed by atoms with van der Waals surface area (Å²) in [7, 11) is 0. The first-order valence-electron chi connectivity index (χ1n) is 11.0. The molecule has 2 fully saturated rings. The largest absolute Gasteiger partial charge is 0.389 e. The highest BCUT2D eigenvalue weighted by Gasteiger charge is 2.48. The molecule has 150 valence electrons. The van der Waals surface area contributed by atoms with E-state index < -0.39 is 5.60 Å². The van der Waals surface area contributed by atoms with Crippen molar-refractivity contribution >= 4 is 0 Å². The molecule has 5 atom stereocenters. The van der Waals surface area contributed by atoms with E-state index in [4.69, 9.17) is 0 Å². The fraction of sp³-hybridized carbons (Fsp3) is 0.833. The maximum atomic E-state index is 11.4. The van der Waals surface area contributed by atoms with Crippen LogP contribution in [0.15, 0.2) is 23.3 Å². The van der Waals surface area contributed by atoms with E-state index in [1.165, 1.54) is 36.8 Å². The predicted octanol–water partition coefficient (Wildman–Crippen LogP) is 5.87. The van der Waals surface area contributed by atoms with E-state index >= 15 is 0 Å². The van der Waals surface area contributed by atoms with Crippen LogP contribution in [0.25, 0.3) is 0 Å². The van der Waals surface area contributed by atoms with Gasteiger partial charge in [-0.2, -0.15) is 0 Å². The first kappa shape index (κ1) is 21.7. The first-order valence-corrected chi connectivity index (χ1v) is 11.0. The Morgan fingerprint density at radius 1 is 1.08 bits per heavy atom. The standard InChI is InChI=1S/C24H43NO/c1-18(2)8-6-9-19(3)10-13-25-12-7-11-24(26)21(5)16-22-14-20(4)15-23(24)17-22/h8,10,20-23,25-26H,6-7,9,11-17H2,1-5H3. The Hall–Kier alpha value is -0.600. The van der Waals surface area contributed by atoms with E-state index in [1.807, 2.05) is 0 Å². The van der Waals surface area contributed by atoms with Gasteiger partial charge in [0.05, 0.1) is 5.60 Å². The SMILES string of the molecule is CC(C)=CCCC(C)=CCNCCCC1(O)C(C)CC2CC(C)CC1C2. The molecular formula is C24H43NO. The summed E-state index contributed by atoms with van der Waals surface area (Å²) in [6, 6.07) is 0. The van der Waals surface area contributed by atoms with Gasteiger partial charge in [-0.1, -0.05) is 37.1 Å². The molecule has 2 N–H and O–H groups in total. The number of rotatable bonds is 9. The van der Waals surface area contributed by atoms with E-state index in [-0.39, 0.29) is 0 Å². The minimum atomic E-state index is -0.414. The van der Waals surface area contributed by atoms with Crippen LogP contribution in [0.2, 0.25) is 0 Å². The van der Waals surface area contributed by atoms with Crippen molar-refractivity contribution in [2.45, 2.75) is 91.6 Å². The van der Waals surface area contributed by atoms with E-state index in [9.17, 15) is 5.11 Å². The molecule has 0 aromatic heterocycles. The van der Waals surface area contributed by atoms with Crippen molar-refractivity contribution in [3.63, 3.8) is 0 Å². The van der Waals surface area contributed by atoms with Gasteiger partial charge in [-0.25, -0.2) is 0 Å². The molecule has 0 saturated heterocycles. The maximum absolute atomic E-state index is 11.4. The van der Waals surface area contributed by atoms with Crippen LogP contribution in [0.3, 0.4) is 0 Å². The highest BCUT2D eigenvalue weighted by atomic mass is 16.3. The normalized spacial score (nSPS) is 34.6. The van der Waals surface area contributed by atoms with Gasteiger partial charge in [0.1, 0.15) is 0 Å². The van der Waals surface area contributed by atoms with Crippen LogP contribution in [0.4, 0.5) is 0 Å². The molecule has 2 bridgehead atoms. The average Bonchev–Trinajstić information content (AvgIpc) is 2.55. The van der Waals surface area contributed by atoms with Crippen molar-refractivity contribution < 1.29 is 5.11 Å². The van der Waals surface area contributed by atoms with Crippen molar-refractivity contribution in [2.75, 3.05) is 13.1 Å². The van der Waals surface area contributed by atoms with Gasteiger partial charge < -0.3 is 10.4 Å². The van der Waals surface area contributed by atoms with Crippen LogP contribution in [-0.2, 0) is 0 Å². The monoisotopic (exact) mass is 361 g/mol. The highest BCUT2D eigenvalue weighted by molar-refractivity contribution is 5.03. The zero-order chi connectivity index (χ0) is 19.2. The summed E-state index contributed by atoms with van der Waals surface area (Å²) in [5.41, 5.74) is 2.46. The summed E-state index contributed by atoms with van der Waals surface area (Å²) in [6.45, 7) is 13.2. The van der Waals surface area contributed by atoms with Crippen LogP contribution in [0.5, 0.6) is 0 Å². The summed E-state index contributed by atoms with van der Waals surface area (Å²) in [4.78, 5) is 0. The number of hydrogen-bond donors (Lipinski definition) is 2. The predicted molar refractivity (Wildman–Crippen MR) is 113 cm³/mol. The number of fused-ring (bicyclic) bond motifs is 2. The van der Waals surface area contributed by atoms with Crippen LogP contribution < -0.4 is 5.32 Å². The Morgan fingerprint density at radius 3 is 2.58 bits per heavy atom. The molecule has 0 amide bonds. The third-order valence-corrected chi connectivity index (χ3v) is 6.90. The molecule has 2 aliphatic rings. The Labute approximate surface area is 162 Å². The van der Waals surface area contributed by atoms with Crippen molar-refractivity contribution in [2.24, 2.45) is 23.7 Å². The van der Waals surface area contributed by atoms with Crippen LogP contribution in [0, 0.1) is 23.7 Å². The zero-order valence-electron chi connectivity index (χ0n) is 18.0. The molecule has 0 heterocycles. The Bertz CT molecular complexity index is 486. The number of nitrogens with one attached hydrogen (secondary N) is 1. The molecule has 0 aliphatic heterocycles. The van der Waals surface area contributed by atoms with Crippen LogP contribution in [0.1, 0.15) is 86.0 Å². The Kier molecular flexibility index (Phi) is 8.41. The summed E-state index contributed by atoms with van der Waals surface area (Å²) in [6.07, 6.45) is 14.1. The fourth-order valence-electron chi connectivity index (χ4n) is 5.44. The number of allylic oxidation sites excluding steroid dienone is 3. The molecule has 0 spiro atoms. The first-order chi connectivity index (χ1) is 12.3. The van der Waals surface area contributed by atoms with E-state index in [0.29, 0.717) is 11.8 Å². The molecule has 26 heavy (non-hydrogen) atoms. The molecule has 2 nitrogen and oxygen atoms in total. The van der Waals surface area contributed by atoms with E-state index in [0.717, 1.165) is 50.6 Å². The molecular weight excluding hydrogens is 318 g/mol. The second kappa shape index (κ2) is 10.1. The van der Waals surface area contributed by atoms with Crippen LogP contribution >= 0.6 is 0 Å². The Morgan fingerprint density at radius 2 is 1.85 bits per heavy atom. The van der Waals surface area contributed by atoms with Gasteiger partial charge in [0.25, 0.3) is 0 Å². The quantitative estimate of drug-likeness (QED) is 0.397. The maximum Gasteiger partial charge on any atom is 0.0701 e. The molecule has 0 aromatic rings. The second-order valence-corrected chi connectivity index (χ2v) is 9.68. The summed E-state index contributed by atoms with van der Waals surface area (Å²) in [5.74, 6) is 2.68. The lowest BCUT2D eigenvalue weighted by atomic mass is 9.57. The smallest absolute Gasteiger partial charge is 0.0701 e.